The summed E-state index contributed by atoms with van der Waals surface area (Å²) < 4.78 is 6.44. The second kappa shape index (κ2) is 8.73. The highest BCUT2D eigenvalue weighted by molar-refractivity contribution is 6.12. The van der Waals surface area contributed by atoms with Crippen molar-refractivity contribution in [3.8, 4) is 0 Å². The molecule has 0 radical (unpaired) electrons. The summed E-state index contributed by atoms with van der Waals surface area (Å²) in [5.41, 5.74) is 12.4. The molecule has 1 aromatic carbocycles. The first kappa shape index (κ1) is 23.4. The van der Waals surface area contributed by atoms with Gasteiger partial charge in [0.15, 0.2) is 18.1 Å². The molecule has 0 aliphatic rings. The van der Waals surface area contributed by atoms with Crippen molar-refractivity contribution in [3.05, 3.63) is 77.8 Å². The molecule has 0 aliphatic carbocycles. The molecule has 0 N–H and O–H groups in total. The summed E-state index contributed by atoms with van der Waals surface area (Å²) in [7, 11) is 1.64. The van der Waals surface area contributed by atoms with Gasteiger partial charge in [-0.3, -0.25) is 4.98 Å². The van der Waals surface area contributed by atoms with Gasteiger partial charge in [-0.15, -0.1) is 0 Å². The van der Waals surface area contributed by atoms with Crippen LogP contribution in [-0.4, -0.2) is 20.4 Å². The normalized spacial score (nSPS) is 11.9. The molecule has 0 amide bonds. The lowest BCUT2D eigenvalue weighted by atomic mass is 9.87. The number of rotatable bonds is 5. The van der Waals surface area contributed by atoms with Crippen LogP contribution in [-0.2, 0) is 18.5 Å². The Morgan fingerprint density at radius 3 is 1.88 bits per heavy atom. The number of pyridine rings is 1. The van der Waals surface area contributed by atoms with Crippen molar-refractivity contribution in [3.63, 3.8) is 0 Å². The van der Waals surface area contributed by atoms with Crippen LogP contribution in [0.5, 0.6) is 0 Å². The first-order chi connectivity index (χ1) is 15.0. The van der Waals surface area contributed by atoms with E-state index >= 15 is 0 Å². The fraction of sp³-hybridized carbons (Fsp3) is 0.440. The maximum absolute atomic E-state index is 11.8. The molecule has 7 heteroatoms. The lowest BCUT2D eigenvalue weighted by molar-refractivity contribution is 0.127. The largest absolute Gasteiger partial charge is 0.460 e. The third kappa shape index (κ3) is 3.99. The first-order valence-corrected chi connectivity index (χ1v) is 10.7. The second-order valence-electron chi connectivity index (χ2n) is 8.52. The van der Waals surface area contributed by atoms with Crippen LogP contribution in [0.4, 0.5) is 0 Å². The highest BCUT2D eigenvalue weighted by atomic mass is 16.6. The molecule has 2 aromatic heterocycles. The number of benzene rings is 1. The molecule has 0 atom stereocenters. The van der Waals surface area contributed by atoms with E-state index in [0.717, 1.165) is 33.6 Å². The molecule has 0 saturated heterocycles. The van der Waals surface area contributed by atoms with Gasteiger partial charge in [0.2, 0.25) is 0 Å². The third-order valence-electron chi connectivity index (χ3n) is 6.92. The van der Waals surface area contributed by atoms with Gasteiger partial charge < -0.3 is 9.36 Å². The van der Waals surface area contributed by atoms with Crippen LogP contribution in [0, 0.1) is 62.3 Å². The van der Waals surface area contributed by atoms with Crippen LogP contribution in [0.15, 0.2) is 14.5 Å². The Bertz CT molecular complexity index is 1270. The van der Waals surface area contributed by atoms with E-state index in [1.54, 1.807) is 7.05 Å². The van der Waals surface area contributed by atoms with Crippen molar-refractivity contribution in [2.75, 3.05) is 0 Å². The minimum atomic E-state index is -0.673. The molecular weight excluding hydrogens is 404 g/mol. The second-order valence-corrected chi connectivity index (χ2v) is 8.52. The van der Waals surface area contributed by atoms with Crippen molar-refractivity contribution in [1.82, 2.24) is 14.7 Å². The molecule has 170 valence electrons. The van der Waals surface area contributed by atoms with E-state index in [1.165, 1.54) is 32.6 Å². The molecule has 2 heterocycles. The predicted molar refractivity (Wildman–Crippen MR) is 125 cm³/mol. The van der Waals surface area contributed by atoms with Crippen molar-refractivity contribution < 1.29 is 9.36 Å². The molecule has 32 heavy (non-hydrogen) atoms. The van der Waals surface area contributed by atoms with Gasteiger partial charge >= 0.3 is 5.76 Å². The van der Waals surface area contributed by atoms with E-state index in [1.807, 2.05) is 13.8 Å². The number of hydrogen-bond acceptors (Lipinski definition) is 6. The van der Waals surface area contributed by atoms with Gasteiger partial charge in [-0.05, 0) is 107 Å². The van der Waals surface area contributed by atoms with Crippen LogP contribution in [0.25, 0.3) is 0 Å². The lowest BCUT2D eigenvalue weighted by Crippen LogP contribution is -2.17. The van der Waals surface area contributed by atoms with Crippen LogP contribution in [0.1, 0.15) is 67.3 Å². The molecule has 0 unspecified atom stereocenters. The quantitative estimate of drug-likeness (QED) is 0.434. The fourth-order valence-corrected chi connectivity index (χ4v) is 4.03. The van der Waals surface area contributed by atoms with E-state index < -0.39 is 5.76 Å². The van der Waals surface area contributed by atoms with Gasteiger partial charge in [0.05, 0.1) is 5.69 Å². The molecule has 0 spiro atoms. The highest BCUT2D eigenvalue weighted by Gasteiger charge is 2.23. The minimum Gasteiger partial charge on any atom is -0.389 e. The maximum atomic E-state index is 11.8. The molecule has 0 aliphatic heterocycles. The molecule has 3 rings (SSSR count). The van der Waals surface area contributed by atoms with Gasteiger partial charge in [0.1, 0.15) is 0 Å². The third-order valence-corrected chi connectivity index (χ3v) is 6.92. The zero-order valence-electron chi connectivity index (χ0n) is 20.7. The van der Waals surface area contributed by atoms with Gasteiger partial charge in [-0.1, -0.05) is 5.16 Å². The fourth-order valence-electron chi connectivity index (χ4n) is 4.03. The Hall–Kier alpha value is -3.22. The SMILES string of the molecule is Cc1nc(CON=C(c2c(C)c(C)c(C)c(C)c2C)c2nc(=O)on2C)c(C)c(C)c1C. The zero-order chi connectivity index (χ0) is 23.9. The minimum absolute atomic E-state index is 0.213. The van der Waals surface area contributed by atoms with Crippen molar-refractivity contribution in [2.24, 2.45) is 12.2 Å². The summed E-state index contributed by atoms with van der Waals surface area (Å²) in [5.74, 6) is -0.349. The Labute approximate surface area is 189 Å². The monoisotopic (exact) mass is 436 g/mol. The summed E-state index contributed by atoms with van der Waals surface area (Å²) in [6.45, 7) is 18.8. The Morgan fingerprint density at radius 2 is 1.34 bits per heavy atom. The summed E-state index contributed by atoms with van der Waals surface area (Å²) in [4.78, 5) is 26.4. The Balaban J connectivity index is 2.14. The standard InChI is InChI=1S/C25H32N4O3/c1-12-13(2)18(7)22(19(8)14(12)3)23(24-27-25(30)32-29(24)10)28-31-11-21-17(6)15(4)16(5)20(9)26-21/h11H2,1-10H3. The van der Waals surface area contributed by atoms with Gasteiger partial charge in [-0.25, -0.2) is 4.79 Å². The summed E-state index contributed by atoms with van der Waals surface area (Å²) in [5, 5.41) is 4.48. The summed E-state index contributed by atoms with van der Waals surface area (Å²) in [6, 6.07) is 0. The predicted octanol–water partition coefficient (Wildman–Crippen LogP) is 4.51. The van der Waals surface area contributed by atoms with Crippen molar-refractivity contribution in [1.29, 1.82) is 0 Å². The molecule has 7 nitrogen and oxygen atoms in total. The molecule has 3 aromatic rings. The van der Waals surface area contributed by atoms with Crippen LogP contribution >= 0.6 is 0 Å². The van der Waals surface area contributed by atoms with E-state index in [9.17, 15) is 4.79 Å². The molecule has 0 bridgehead atoms. The van der Waals surface area contributed by atoms with E-state index in [-0.39, 0.29) is 6.61 Å². The van der Waals surface area contributed by atoms with E-state index in [4.69, 9.17) is 9.36 Å². The van der Waals surface area contributed by atoms with Crippen LogP contribution in [0.3, 0.4) is 0 Å². The smallest absolute Gasteiger partial charge is 0.389 e. The van der Waals surface area contributed by atoms with Gasteiger partial charge in [-0.2, -0.15) is 9.72 Å². The van der Waals surface area contributed by atoms with E-state index in [0.29, 0.717) is 11.5 Å². The number of oxime groups is 1. The Morgan fingerprint density at radius 1 is 0.812 bits per heavy atom. The molecule has 0 saturated carbocycles. The van der Waals surface area contributed by atoms with Gasteiger partial charge in [0, 0.05) is 18.3 Å². The van der Waals surface area contributed by atoms with Crippen molar-refractivity contribution in [2.45, 2.75) is 68.9 Å². The maximum Gasteiger partial charge on any atom is 0.460 e. The summed E-state index contributed by atoms with van der Waals surface area (Å²) >= 11 is 0. The first-order valence-electron chi connectivity index (χ1n) is 10.7. The number of hydrogen-bond donors (Lipinski definition) is 0. The average molecular weight is 437 g/mol. The Kier molecular flexibility index (Phi) is 6.39. The van der Waals surface area contributed by atoms with Gasteiger partial charge in [0.25, 0.3) is 0 Å². The number of aromatic nitrogens is 3. The van der Waals surface area contributed by atoms with Crippen molar-refractivity contribution >= 4 is 5.71 Å². The zero-order valence-corrected chi connectivity index (χ0v) is 20.7. The van der Waals surface area contributed by atoms with Crippen LogP contribution in [0.2, 0.25) is 0 Å². The lowest BCUT2D eigenvalue weighted by Gasteiger charge is -2.19. The molecular formula is C25H32N4O3. The number of aryl methyl sites for hydroxylation is 2. The highest BCUT2D eigenvalue weighted by Crippen LogP contribution is 2.28. The number of nitrogens with zero attached hydrogens (tertiary/aromatic N) is 4. The topological polar surface area (TPSA) is 82.5 Å². The van der Waals surface area contributed by atoms with Crippen LogP contribution < -0.4 is 5.76 Å². The summed E-state index contributed by atoms with van der Waals surface area (Å²) in [6.07, 6.45) is 0. The average Bonchev–Trinajstić information content (AvgIpc) is 3.09. The van der Waals surface area contributed by atoms with E-state index in [2.05, 4.69) is 63.6 Å². The molecule has 0 fully saturated rings.